The van der Waals surface area contributed by atoms with Crippen LogP contribution in [0.25, 0.3) is 0 Å². The van der Waals surface area contributed by atoms with E-state index >= 15 is 0 Å². The Morgan fingerprint density at radius 1 is 1.00 bits per heavy atom. The molecule has 2 N–H and O–H groups in total. The number of aryl methyl sites for hydroxylation is 1. The van der Waals surface area contributed by atoms with E-state index in [-0.39, 0.29) is 5.41 Å². The molecule has 5 heterocycles. The normalized spacial score (nSPS) is 33.5. The predicted octanol–water partition coefficient (Wildman–Crippen LogP) is 2.56. The molecule has 156 valence electrons. The average Bonchev–Trinajstić information content (AvgIpc) is 3.10. The molecular formula is C23H27N5OS. The summed E-state index contributed by atoms with van der Waals surface area (Å²) in [5.74, 6) is 0. The topological polar surface area (TPSA) is 65.8 Å². The maximum Gasteiger partial charge on any atom is 0.172 e. The third-order valence-corrected chi connectivity index (χ3v) is 8.52. The second-order valence-electron chi connectivity index (χ2n) is 9.42. The first-order valence-corrected chi connectivity index (χ1v) is 11.7. The van der Waals surface area contributed by atoms with Gasteiger partial charge in [0, 0.05) is 30.1 Å². The fourth-order valence-corrected chi connectivity index (χ4v) is 7.48. The first-order valence-electron chi connectivity index (χ1n) is 10.9. The van der Waals surface area contributed by atoms with E-state index in [4.69, 9.17) is 0 Å². The Kier molecular flexibility index (Phi) is 4.24. The lowest BCUT2D eigenvalue weighted by Crippen LogP contribution is -2.78. The van der Waals surface area contributed by atoms with E-state index in [1.807, 2.05) is 30.3 Å². The Balaban J connectivity index is 1.47. The highest BCUT2D eigenvalue weighted by atomic mass is 32.1. The summed E-state index contributed by atoms with van der Waals surface area (Å²) in [6.07, 6.45) is 4.34. The largest absolute Gasteiger partial charge is 0.366 e. The van der Waals surface area contributed by atoms with Gasteiger partial charge in [0.05, 0.1) is 31.0 Å². The number of aliphatic hydroxyl groups is 1. The van der Waals surface area contributed by atoms with Crippen LogP contribution in [0.5, 0.6) is 0 Å². The summed E-state index contributed by atoms with van der Waals surface area (Å²) in [6, 6.07) is 12.5. The van der Waals surface area contributed by atoms with Crippen molar-refractivity contribution in [3.63, 3.8) is 0 Å². The van der Waals surface area contributed by atoms with Crippen LogP contribution in [0.4, 0.5) is 5.00 Å². The fourth-order valence-electron chi connectivity index (χ4n) is 6.19. The highest BCUT2D eigenvalue weighted by molar-refractivity contribution is 7.16. The first kappa shape index (κ1) is 18.8. The summed E-state index contributed by atoms with van der Waals surface area (Å²) in [5, 5.41) is 26.9. The molecule has 4 bridgehead atoms. The van der Waals surface area contributed by atoms with E-state index in [2.05, 4.69) is 26.1 Å². The molecule has 4 saturated heterocycles. The molecule has 7 heteroatoms. The van der Waals surface area contributed by atoms with Gasteiger partial charge < -0.3 is 10.4 Å². The van der Waals surface area contributed by atoms with Crippen LogP contribution >= 0.6 is 11.3 Å². The molecule has 30 heavy (non-hydrogen) atoms. The van der Waals surface area contributed by atoms with Crippen LogP contribution in [0, 0.1) is 16.7 Å². The number of anilines is 1. The van der Waals surface area contributed by atoms with Crippen molar-refractivity contribution in [1.29, 1.82) is 5.26 Å². The number of hydrogen-bond donors (Lipinski definition) is 2. The Morgan fingerprint density at radius 2 is 1.63 bits per heavy atom. The van der Waals surface area contributed by atoms with Crippen molar-refractivity contribution in [2.45, 2.75) is 31.4 Å². The molecule has 7 rings (SSSR count). The predicted molar refractivity (Wildman–Crippen MR) is 117 cm³/mol. The lowest BCUT2D eigenvalue weighted by atomic mass is 9.69. The minimum Gasteiger partial charge on any atom is -0.366 e. The monoisotopic (exact) mass is 421 g/mol. The molecule has 4 aliphatic heterocycles. The van der Waals surface area contributed by atoms with Crippen molar-refractivity contribution in [2.24, 2.45) is 5.41 Å². The van der Waals surface area contributed by atoms with Gasteiger partial charge in [0.15, 0.2) is 5.72 Å². The summed E-state index contributed by atoms with van der Waals surface area (Å²) in [6.45, 7) is 5.47. The third kappa shape index (κ3) is 2.68. The Labute approximate surface area is 181 Å². The van der Waals surface area contributed by atoms with Crippen LogP contribution in [0.2, 0.25) is 0 Å². The third-order valence-electron chi connectivity index (χ3n) is 7.32. The maximum atomic E-state index is 12.5. The lowest BCUT2D eigenvalue weighted by Gasteiger charge is -2.64. The number of nitrogens with one attached hydrogen (secondary N) is 1. The molecule has 6 nitrogen and oxygen atoms in total. The molecule has 1 unspecified atom stereocenters. The number of rotatable bonds is 4. The summed E-state index contributed by atoms with van der Waals surface area (Å²) in [7, 11) is 0. The molecule has 5 aliphatic rings. The van der Waals surface area contributed by atoms with Crippen molar-refractivity contribution < 1.29 is 5.11 Å². The minimum atomic E-state index is -1.25. The molecule has 1 aromatic heterocycles. The van der Waals surface area contributed by atoms with Crippen LogP contribution in [0.1, 0.15) is 34.4 Å². The lowest BCUT2D eigenvalue weighted by molar-refractivity contribution is -0.231. The zero-order valence-corrected chi connectivity index (χ0v) is 17.9. The van der Waals surface area contributed by atoms with Gasteiger partial charge in [-0.2, -0.15) is 5.26 Å². The standard InChI is InChI=1S/C23H27N5OS/c24-10-19-18-8-4-5-9-20(18)30-21(19)25-23(29,17-6-2-1-3-7-17)22-11-26-14-27(12-22)16-28(13-22)15-26/h1-3,6-7,25,29H,4-5,8-9,11-16H2. The molecule has 0 amide bonds. The SMILES string of the molecule is N#Cc1c(NC(O)(c2ccccc2)C23CN4CN(CN(C4)C2)C3)sc2c1CCCC2. The molecule has 0 saturated carbocycles. The number of thiophene rings is 1. The summed E-state index contributed by atoms with van der Waals surface area (Å²) in [4.78, 5) is 8.60. The van der Waals surface area contributed by atoms with Gasteiger partial charge in [-0.1, -0.05) is 30.3 Å². The molecular weight excluding hydrogens is 394 g/mol. The van der Waals surface area contributed by atoms with E-state index in [1.165, 1.54) is 16.9 Å². The molecule has 1 atom stereocenters. The molecule has 2 aromatic rings. The Morgan fingerprint density at radius 3 is 2.27 bits per heavy atom. The van der Waals surface area contributed by atoms with Crippen LogP contribution in [0.15, 0.2) is 30.3 Å². The zero-order valence-electron chi connectivity index (χ0n) is 17.1. The van der Waals surface area contributed by atoms with Crippen molar-refractivity contribution in [2.75, 3.05) is 45.0 Å². The fraction of sp³-hybridized carbons (Fsp3) is 0.522. The molecule has 4 fully saturated rings. The van der Waals surface area contributed by atoms with Crippen molar-refractivity contribution >= 4 is 16.3 Å². The number of benzene rings is 1. The quantitative estimate of drug-likeness (QED) is 0.740. The summed E-state index contributed by atoms with van der Waals surface area (Å²) in [5.41, 5.74) is 1.22. The van der Waals surface area contributed by atoms with Crippen molar-refractivity contribution in [3.05, 3.63) is 51.9 Å². The second kappa shape index (κ2) is 6.78. The number of hydrogen-bond acceptors (Lipinski definition) is 7. The van der Waals surface area contributed by atoms with Gasteiger partial charge in [-0.15, -0.1) is 11.3 Å². The molecule has 1 aliphatic carbocycles. The van der Waals surface area contributed by atoms with Gasteiger partial charge in [-0.25, -0.2) is 0 Å². The Hall–Kier alpha value is -1.95. The minimum absolute atomic E-state index is 0.361. The van der Waals surface area contributed by atoms with E-state index in [0.29, 0.717) is 0 Å². The molecule has 0 spiro atoms. The summed E-state index contributed by atoms with van der Waals surface area (Å²) >= 11 is 1.68. The number of fused-ring (bicyclic) bond motifs is 1. The van der Waals surface area contributed by atoms with E-state index in [9.17, 15) is 10.4 Å². The van der Waals surface area contributed by atoms with Gasteiger partial charge in [-0.3, -0.25) is 14.7 Å². The molecule has 1 aromatic carbocycles. The van der Waals surface area contributed by atoms with E-state index in [1.54, 1.807) is 11.3 Å². The maximum absolute atomic E-state index is 12.5. The second-order valence-corrected chi connectivity index (χ2v) is 10.5. The van der Waals surface area contributed by atoms with Crippen molar-refractivity contribution in [3.8, 4) is 6.07 Å². The van der Waals surface area contributed by atoms with Gasteiger partial charge in [0.1, 0.15) is 11.1 Å². The van der Waals surface area contributed by atoms with Crippen LogP contribution in [-0.2, 0) is 18.6 Å². The zero-order chi connectivity index (χ0) is 20.3. The number of nitrogens with zero attached hydrogens (tertiary/aromatic N) is 4. The van der Waals surface area contributed by atoms with Gasteiger partial charge in [0.2, 0.25) is 0 Å². The smallest absolute Gasteiger partial charge is 0.172 e. The van der Waals surface area contributed by atoms with Crippen LogP contribution in [0.3, 0.4) is 0 Å². The Bertz CT molecular complexity index is 977. The summed E-state index contributed by atoms with van der Waals surface area (Å²) < 4.78 is 0. The van der Waals surface area contributed by atoms with Crippen LogP contribution < -0.4 is 5.32 Å². The van der Waals surface area contributed by atoms with Crippen LogP contribution in [-0.4, -0.2) is 59.4 Å². The highest BCUT2D eigenvalue weighted by Gasteiger charge is 2.60. The van der Waals surface area contributed by atoms with Gasteiger partial charge in [-0.05, 0) is 31.2 Å². The van der Waals surface area contributed by atoms with Gasteiger partial charge >= 0.3 is 0 Å². The number of nitriles is 1. The first-order chi connectivity index (χ1) is 14.6. The van der Waals surface area contributed by atoms with E-state index in [0.717, 1.165) is 75.0 Å². The highest BCUT2D eigenvalue weighted by Crippen LogP contribution is 2.50. The van der Waals surface area contributed by atoms with Crippen molar-refractivity contribution in [1.82, 2.24) is 14.7 Å². The molecule has 0 radical (unpaired) electrons. The average molecular weight is 422 g/mol. The van der Waals surface area contributed by atoms with Gasteiger partial charge in [0.25, 0.3) is 0 Å². The van der Waals surface area contributed by atoms with E-state index < -0.39 is 5.72 Å².